The Balaban J connectivity index is 1.95. The third kappa shape index (κ3) is 1.64. The van der Waals surface area contributed by atoms with Crippen molar-refractivity contribution in [3.63, 3.8) is 0 Å². The summed E-state index contributed by atoms with van der Waals surface area (Å²) in [5.74, 6) is 0.226. The summed E-state index contributed by atoms with van der Waals surface area (Å²) in [6.45, 7) is 4.96. The summed E-state index contributed by atoms with van der Waals surface area (Å²) in [6.07, 6.45) is 1.54. The van der Waals surface area contributed by atoms with Gasteiger partial charge in [0.15, 0.2) is 0 Å². The maximum atomic E-state index is 12.0. The third-order valence-electron chi connectivity index (χ3n) is 3.37. The largest absolute Gasteiger partial charge is 0.389 e. The van der Waals surface area contributed by atoms with E-state index in [4.69, 9.17) is 5.11 Å². The Kier molecular flexibility index (Phi) is 2.49. The van der Waals surface area contributed by atoms with Gasteiger partial charge < -0.3 is 15.3 Å². The molecule has 2 N–H and O–H groups in total. The number of hydrogen-bond donors (Lipinski definition) is 2. The lowest BCUT2D eigenvalue weighted by molar-refractivity contribution is -0.153. The molecule has 2 aliphatic heterocycles. The topological polar surface area (TPSA) is 52.6 Å². The van der Waals surface area contributed by atoms with Crippen molar-refractivity contribution < 1.29 is 9.90 Å². The predicted molar refractivity (Wildman–Crippen MR) is 52.8 cm³/mol. The van der Waals surface area contributed by atoms with Crippen molar-refractivity contribution in [1.29, 1.82) is 0 Å². The van der Waals surface area contributed by atoms with Gasteiger partial charge in [0, 0.05) is 18.5 Å². The molecule has 2 rings (SSSR count). The summed E-state index contributed by atoms with van der Waals surface area (Å²) >= 11 is 0. The average Bonchev–Trinajstić information content (AvgIpc) is 2.13. The van der Waals surface area contributed by atoms with Crippen LogP contribution < -0.4 is 5.32 Å². The van der Waals surface area contributed by atoms with Crippen molar-refractivity contribution in [1.82, 2.24) is 10.2 Å². The van der Waals surface area contributed by atoms with Crippen molar-refractivity contribution in [2.45, 2.75) is 25.9 Å². The van der Waals surface area contributed by atoms with E-state index in [-0.39, 0.29) is 17.4 Å². The predicted octanol–water partition coefficient (Wildman–Crippen LogP) is -0.421. The molecule has 0 saturated carbocycles. The van der Waals surface area contributed by atoms with Gasteiger partial charge in [0.05, 0.1) is 6.10 Å². The molecular formula is C10H18N2O2. The van der Waals surface area contributed by atoms with E-state index in [0.717, 1.165) is 25.9 Å². The number of β-amino-alcohol motifs (C(OH)–C–C–N with tert-alkyl or cyclic N) is 1. The number of piperidine rings is 1. The summed E-state index contributed by atoms with van der Waals surface area (Å²) in [4.78, 5) is 13.8. The molecule has 2 fully saturated rings. The maximum absolute atomic E-state index is 12.0. The van der Waals surface area contributed by atoms with E-state index in [1.165, 1.54) is 0 Å². The number of aliphatic hydroxyl groups is 1. The number of hydrogen-bond acceptors (Lipinski definition) is 3. The zero-order valence-electron chi connectivity index (χ0n) is 8.62. The highest BCUT2D eigenvalue weighted by Gasteiger charge is 2.41. The van der Waals surface area contributed by atoms with Gasteiger partial charge in [0.25, 0.3) is 0 Å². The molecule has 0 aromatic carbocycles. The van der Waals surface area contributed by atoms with E-state index in [0.29, 0.717) is 13.1 Å². The van der Waals surface area contributed by atoms with Gasteiger partial charge in [-0.3, -0.25) is 4.79 Å². The van der Waals surface area contributed by atoms with Gasteiger partial charge in [-0.1, -0.05) is 6.92 Å². The number of likely N-dealkylation sites (tertiary alicyclic amines) is 1. The molecule has 0 bridgehead atoms. The van der Waals surface area contributed by atoms with E-state index >= 15 is 0 Å². The Bertz CT molecular complexity index is 230. The van der Waals surface area contributed by atoms with Crippen molar-refractivity contribution in [2.24, 2.45) is 5.41 Å². The highest BCUT2D eigenvalue weighted by molar-refractivity contribution is 5.83. The lowest BCUT2D eigenvalue weighted by Gasteiger charge is -2.43. The van der Waals surface area contributed by atoms with Crippen molar-refractivity contribution >= 4 is 5.91 Å². The first kappa shape index (κ1) is 9.93. The molecule has 1 amide bonds. The van der Waals surface area contributed by atoms with Crippen LogP contribution in [0.1, 0.15) is 19.8 Å². The lowest BCUT2D eigenvalue weighted by Crippen LogP contribution is -2.58. The van der Waals surface area contributed by atoms with Crippen LogP contribution >= 0.6 is 0 Å². The Labute approximate surface area is 84.3 Å². The molecule has 2 heterocycles. The van der Waals surface area contributed by atoms with Gasteiger partial charge in [0.1, 0.15) is 0 Å². The fraction of sp³-hybridized carbons (Fsp3) is 0.900. The molecule has 0 aromatic rings. The summed E-state index contributed by atoms with van der Waals surface area (Å²) in [6, 6.07) is 0. The molecular weight excluding hydrogens is 180 g/mol. The maximum Gasteiger partial charge on any atom is 0.228 e. The number of aliphatic hydroxyl groups excluding tert-OH is 1. The average molecular weight is 198 g/mol. The first-order valence-electron chi connectivity index (χ1n) is 5.30. The summed E-state index contributed by atoms with van der Waals surface area (Å²) < 4.78 is 0. The number of carbonyl (C=O) groups is 1. The molecule has 4 heteroatoms. The van der Waals surface area contributed by atoms with Gasteiger partial charge in [0.2, 0.25) is 5.91 Å². The van der Waals surface area contributed by atoms with Crippen LogP contribution in [-0.4, -0.2) is 48.2 Å². The summed E-state index contributed by atoms with van der Waals surface area (Å²) in [5.41, 5.74) is -0.189. The highest BCUT2D eigenvalue weighted by atomic mass is 16.3. The monoisotopic (exact) mass is 198 g/mol. The second-order valence-electron chi connectivity index (χ2n) is 4.67. The van der Waals surface area contributed by atoms with E-state index < -0.39 is 0 Å². The van der Waals surface area contributed by atoms with E-state index in [1.807, 2.05) is 6.92 Å². The minimum absolute atomic E-state index is 0.189. The van der Waals surface area contributed by atoms with Gasteiger partial charge in [-0.15, -0.1) is 0 Å². The third-order valence-corrected chi connectivity index (χ3v) is 3.37. The van der Waals surface area contributed by atoms with Crippen molar-refractivity contribution in [3.8, 4) is 0 Å². The van der Waals surface area contributed by atoms with Gasteiger partial charge in [-0.05, 0) is 25.9 Å². The van der Waals surface area contributed by atoms with Crippen LogP contribution in [0.2, 0.25) is 0 Å². The lowest BCUT2D eigenvalue weighted by atomic mass is 9.79. The van der Waals surface area contributed by atoms with Crippen LogP contribution in [0, 0.1) is 5.41 Å². The van der Waals surface area contributed by atoms with Crippen LogP contribution in [0.5, 0.6) is 0 Å². The summed E-state index contributed by atoms with van der Waals surface area (Å²) in [7, 11) is 0. The fourth-order valence-electron chi connectivity index (χ4n) is 2.20. The minimum Gasteiger partial charge on any atom is -0.389 e. The smallest absolute Gasteiger partial charge is 0.228 e. The highest BCUT2D eigenvalue weighted by Crippen LogP contribution is 2.31. The summed E-state index contributed by atoms with van der Waals surface area (Å²) in [5, 5.41) is 12.4. The quantitative estimate of drug-likeness (QED) is 0.601. The van der Waals surface area contributed by atoms with Crippen LogP contribution in [-0.2, 0) is 4.79 Å². The SMILES string of the molecule is CC1(C(=O)N2CC(O)C2)CCNCC1. The Morgan fingerprint density at radius 1 is 1.43 bits per heavy atom. The standard InChI is InChI=1S/C10H18N2O2/c1-10(2-4-11-5-3-10)9(14)12-6-8(13)7-12/h8,11,13H,2-7H2,1H3. The zero-order valence-corrected chi connectivity index (χ0v) is 8.62. The number of carbonyl (C=O) groups excluding carboxylic acids is 1. The number of nitrogens with one attached hydrogen (secondary N) is 1. The normalized spacial score (nSPS) is 27.1. The molecule has 4 nitrogen and oxygen atoms in total. The fourth-order valence-corrected chi connectivity index (χ4v) is 2.20. The van der Waals surface area contributed by atoms with Gasteiger partial charge >= 0.3 is 0 Å². The van der Waals surface area contributed by atoms with Gasteiger partial charge in [-0.2, -0.15) is 0 Å². The van der Waals surface area contributed by atoms with E-state index in [9.17, 15) is 4.79 Å². The molecule has 80 valence electrons. The number of rotatable bonds is 1. The van der Waals surface area contributed by atoms with Crippen LogP contribution in [0.3, 0.4) is 0 Å². The first-order chi connectivity index (χ1) is 6.62. The Morgan fingerprint density at radius 3 is 2.50 bits per heavy atom. The molecule has 0 spiro atoms. The molecule has 0 radical (unpaired) electrons. The number of amides is 1. The number of nitrogens with zero attached hydrogens (tertiary/aromatic N) is 1. The van der Waals surface area contributed by atoms with Crippen molar-refractivity contribution in [2.75, 3.05) is 26.2 Å². The molecule has 0 aliphatic carbocycles. The van der Waals surface area contributed by atoms with E-state index in [2.05, 4.69) is 5.32 Å². The minimum atomic E-state index is -0.288. The molecule has 0 aromatic heterocycles. The van der Waals surface area contributed by atoms with Gasteiger partial charge in [-0.25, -0.2) is 0 Å². The Hall–Kier alpha value is -0.610. The zero-order chi connectivity index (χ0) is 10.2. The second-order valence-corrected chi connectivity index (χ2v) is 4.67. The Morgan fingerprint density at radius 2 is 2.00 bits per heavy atom. The van der Waals surface area contributed by atoms with Crippen LogP contribution in [0.4, 0.5) is 0 Å². The molecule has 14 heavy (non-hydrogen) atoms. The molecule has 2 aliphatic rings. The molecule has 0 atom stereocenters. The molecule has 0 unspecified atom stereocenters. The van der Waals surface area contributed by atoms with E-state index in [1.54, 1.807) is 4.90 Å². The second kappa shape index (κ2) is 3.51. The van der Waals surface area contributed by atoms with Crippen molar-refractivity contribution in [3.05, 3.63) is 0 Å². The van der Waals surface area contributed by atoms with Crippen LogP contribution in [0.15, 0.2) is 0 Å². The first-order valence-corrected chi connectivity index (χ1v) is 5.30. The molecule has 2 saturated heterocycles. The van der Waals surface area contributed by atoms with Crippen LogP contribution in [0.25, 0.3) is 0 Å².